The third kappa shape index (κ3) is 4.60. The van der Waals surface area contributed by atoms with E-state index >= 15 is 0 Å². The van der Waals surface area contributed by atoms with Crippen LogP contribution < -0.4 is 10.6 Å². The molecule has 0 aliphatic heterocycles. The molecule has 4 nitrogen and oxygen atoms in total. The molecule has 1 amide bonds. The Morgan fingerprint density at radius 1 is 1.09 bits per heavy atom. The van der Waals surface area contributed by atoms with Crippen molar-refractivity contribution in [2.24, 2.45) is 0 Å². The van der Waals surface area contributed by atoms with Crippen molar-refractivity contribution < 1.29 is 9.53 Å². The number of methoxy groups -OCH3 is 1. The van der Waals surface area contributed by atoms with Gasteiger partial charge < -0.3 is 15.4 Å². The van der Waals surface area contributed by atoms with Crippen molar-refractivity contribution in [3.63, 3.8) is 0 Å². The maximum atomic E-state index is 11.9. The molecule has 4 heteroatoms. The lowest BCUT2D eigenvalue weighted by Crippen LogP contribution is -2.39. The van der Waals surface area contributed by atoms with E-state index in [1.165, 1.54) is 0 Å². The Balaban J connectivity index is 2.00. The van der Waals surface area contributed by atoms with Gasteiger partial charge in [0.2, 0.25) is 5.91 Å². The number of hydrogen-bond donors (Lipinski definition) is 2. The first-order valence-electron chi connectivity index (χ1n) is 7.37. The smallest absolute Gasteiger partial charge is 0.239 e. The number of ether oxygens (including phenoxy) is 1. The Morgan fingerprint density at radius 3 is 2.50 bits per heavy atom. The molecule has 0 spiro atoms. The zero-order valence-corrected chi connectivity index (χ0v) is 13.0. The summed E-state index contributed by atoms with van der Waals surface area (Å²) >= 11 is 0. The van der Waals surface area contributed by atoms with Crippen LogP contribution in [0.2, 0.25) is 0 Å². The highest BCUT2D eigenvalue weighted by Gasteiger charge is 2.08. The lowest BCUT2D eigenvalue weighted by atomic mass is 10.0. The molecule has 22 heavy (non-hydrogen) atoms. The van der Waals surface area contributed by atoms with Crippen molar-refractivity contribution >= 4 is 11.6 Å². The Morgan fingerprint density at radius 2 is 1.77 bits per heavy atom. The predicted molar refractivity (Wildman–Crippen MR) is 89.8 cm³/mol. The summed E-state index contributed by atoms with van der Waals surface area (Å²) in [5.74, 6) is -0.0487. The molecule has 2 rings (SSSR count). The summed E-state index contributed by atoms with van der Waals surface area (Å²) in [6.07, 6.45) is 0. The fourth-order valence-electron chi connectivity index (χ4n) is 2.30. The molecule has 0 radical (unpaired) electrons. The van der Waals surface area contributed by atoms with E-state index in [1.807, 2.05) is 49.4 Å². The number of hydrogen-bond acceptors (Lipinski definition) is 3. The van der Waals surface area contributed by atoms with E-state index in [2.05, 4.69) is 22.8 Å². The lowest BCUT2D eigenvalue weighted by molar-refractivity contribution is -0.120. The highest BCUT2D eigenvalue weighted by Crippen LogP contribution is 2.27. The van der Waals surface area contributed by atoms with Crippen LogP contribution in [-0.2, 0) is 9.53 Å². The van der Waals surface area contributed by atoms with E-state index in [-0.39, 0.29) is 18.5 Å². The average molecular weight is 298 g/mol. The van der Waals surface area contributed by atoms with Gasteiger partial charge in [0.05, 0.1) is 13.2 Å². The molecule has 1 atom stereocenters. The van der Waals surface area contributed by atoms with Crippen LogP contribution >= 0.6 is 0 Å². The third-order valence-corrected chi connectivity index (χ3v) is 3.28. The summed E-state index contributed by atoms with van der Waals surface area (Å²) in [6.45, 7) is 2.66. The SMILES string of the molecule is COCC(C)NC(=O)CNc1ccccc1-c1ccccc1. The predicted octanol–water partition coefficient (Wildman–Crippen LogP) is 2.92. The maximum Gasteiger partial charge on any atom is 0.239 e. The minimum absolute atomic E-state index is 0.00340. The molecule has 0 aromatic heterocycles. The number of benzene rings is 2. The van der Waals surface area contributed by atoms with E-state index in [9.17, 15) is 4.79 Å². The topological polar surface area (TPSA) is 50.4 Å². The number of anilines is 1. The molecule has 0 heterocycles. The first-order valence-corrected chi connectivity index (χ1v) is 7.37. The number of rotatable bonds is 7. The summed E-state index contributed by atoms with van der Waals surface area (Å²) in [5, 5.41) is 6.09. The van der Waals surface area contributed by atoms with Crippen molar-refractivity contribution in [3.05, 3.63) is 54.6 Å². The van der Waals surface area contributed by atoms with Gasteiger partial charge in [-0.3, -0.25) is 4.79 Å². The van der Waals surface area contributed by atoms with Crippen molar-refractivity contribution in [1.29, 1.82) is 0 Å². The Labute approximate surface area is 131 Å². The summed E-state index contributed by atoms with van der Waals surface area (Å²) < 4.78 is 5.01. The fourth-order valence-corrected chi connectivity index (χ4v) is 2.30. The molecule has 0 saturated carbocycles. The summed E-state index contributed by atoms with van der Waals surface area (Å²) in [6, 6.07) is 18.1. The van der Waals surface area contributed by atoms with Gasteiger partial charge in [-0.2, -0.15) is 0 Å². The third-order valence-electron chi connectivity index (χ3n) is 3.28. The summed E-state index contributed by atoms with van der Waals surface area (Å²) in [4.78, 5) is 11.9. The lowest BCUT2D eigenvalue weighted by Gasteiger charge is -2.15. The van der Waals surface area contributed by atoms with Gasteiger partial charge in [0.1, 0.15) is 0 Å². The minimum atomic E-state index is -0.0487. The van der Waals surface area contributed by atoms with E-state index < -0.39 is 0 Å². The van der Waals surface area contributed by atoms with Crippen LogP contribution in [0.15, 0.2) is 54.6 Å². The van der Waals surface area contributed by atoms with E-state index in [0.717, 1.165) is 16.8 Å². The molecule has 0 bridgehead atoms. The zero-order chi connectivity index (χ0) is 15.8. The second-order valence-corrected chi connectivity index (χ2v) is 5.19. The molecule has 116 valence electrons. The fraction of sp³-hybridized carbons (Fsp3) is 0.278. The van der Waals surface area contributed by atoms with Crippen molar-refractivity contribution in [3.8, 4) is 11.1 Å². The molecule has 2 aromatic rings. The number of carbonyl (C=O) groups is 1. The van der Waals surface area contributed by atoms with Gasteiger partial charge in [-0.1, -0.05) is 48.5 Å². The van der Waals surface area contributed by atoms with Crippen LogP contribution in [0.3, 0.4) is 0 Å². The van der Waals surface area contributed by atoms with Gasteiger partial charge in [-0.15, -0.1) is 0 Å². The standard InChI is InChI=1S/C18H22N2O2/c1-14(13-22-2)20-18(21)12-19-17-11-7-6-10-16(17)15-8-4-3-5-9-15/h3-11,14,19H,12-13H2,1-2H3,(H,20,21). The quantitative estimate of drug-likeness (QED) is 0.826. The summed E-state index contributed by atoms with van der Waals surface area (Å²) in [7, 11) is 1.62. The van der Waals surface area contributed by atoms with Gasteiger partial charge in [0, 0.05) is 24.4 Å². The molecule has 0 aliphatic rings. The van der Waals surface area contributed by atoms with Crippen molar-refractivity contribution in [1.82, 2.24) is 5.32 Å². The number of amides is 1. The Hall–Kier alpha value is -2.33. The van der Waals surface area contributed by atoms with E-state index in [0.29, 0.717) is 6.61 Å². The van der Waals surface area contributed by atoms with Crippen molar-refractivity contribution in [2.75, 3.05) is 25.6 Å². The number of para-hydroxylation sites is 1. The van der Waals surface area contributed by atoms with Gasteiger partial charge in [-0.25, -0.2) is 0 Å². The van der Waals surface area contributed by atoms with Crippen LogP contribution in [0, 0.1) is 0 Å². The number of nitrogens with one attached hydrogen (secondary N) is 2. The molecular formula is C18H22N2O2. The highest BCUT2D eigenvalue weighted by atomic mass is 16.5. The first kappa shape index (κ1) is 16.0. The van der Waals surface area contributed by atoms with Crippen LogP contribution in [-0.4, -0.2) is 32.2 Å². The van der Waals surface area contributed by atoms with Crippen LogP contribution in [0.5, 0.6) is 0 Å². The normalized spacial score (nSPS) is 11.7. The zero-order valence-electron chi connectivity index (χ0n) is 13.0. The van der Waals surface area contributed by atoms with E-state index in [1.54, 1.807) is 7.11 Å². The van der Waals surface area contributed by atoms with Crippen LogP contribution in [0.1, 0.15) is 6.92 Å². The molecule has 0 aliphatic carbocycles. The monoisotopic (exact) mass is 298 g/mol. The van der Waals surface area contributed by atoms with Crippen molar-refractivity contribution in [2.45, 2.75) is 13.0 Å². The highest BCUT2D eigenvalue weighted by molar-refractivity contribution is 5.84. The maximum absolute atomic E-state index is 11.9. The average Bonchev–Trinajstić information content (AvgIpc) is 2.54. The van der Waals surface area contributed by atoms with Gasteiger partial charge in [0.15, 0.2) is 0 Å². The molecule has 1 unspecified atom stereocenters. The van der Waals surface area contributed by atoms with Gasteiger partial charge >= 0.3 is 0 Å². The Bertz CT molecular complexity index is 599. The molecule has 0 fully saturated rings. The summed E-state index contributed by atoms with van der Waals surface area (Å²) in [5.41, 5.74) is 3.16. The molecule has 0 saturated heterocycles. The molecule has 2 N–H and O–H groups in total. The molecular weight excluding hydrogens is 276 g/mol. The second-order valence-electron chi connectivity index (χ2n) is 5.19. The van der Waals surface area contributed by atoms with E-state index in [4.69, 9.17) is 4.74 Å². The second kappa shape index (κ2) is 8.20. The largest absolute Gasteiger partial charge is 0.383 e. The minimum Gasteiger partial charge on any atom is -0.383 e. The number of carbonyl (C=O) groups excluding carboxylic acids is 1. The van der Waals surface area contributed by atoms with Gasteiger partial charge in [-0.05, 0) is 18.6 Å². The first-order chi connectivity index (χ1) is 10.7. The molecule has 2 aromatic carbocycles. The van der Waals surface area contributed by atoms with Crippen LogP contribution in [0.4, 0.5) is 5.69 Å². The van der Waals surface area contributed by atoms with Gasteiger partial charge in [0.25, 0.3) is 0 Å². The van der Waals surface area contributed by atoms with Crippen LogP contribution in [0.25, 0.3) is 11.1 Å². The Kier molecular flexibility index (Phi) is 5.98.